The lowest BCUT2D eigenvalue weighted by Crippen LogP contribution is -2.27. The number of nitrogens with zero attached hydrogens (tertiary/aromatic N) is 3. The molecule has 0 spiro atoms. The molecule has 0 bridgehead atoms. The van der Waals surface area contributed by atoms with Gasteiger partial charge in [-0.05, 0) is 35.9 Å². The van der Waals surface area contributed by atoms with E-state index in [1.165, 1.54) is 9.30 Å². The quantitative estimate of drug-likeness (QED) is 0.301. The van der Waals surface area contributed by atoms with Crippen LogP contribution in [0.1, 0.15) is 11.1 Å². The summed E-state index contributed by atoms with van der Waals surface area (Å²) in [6.07, 6.45) is 3.20. The number of pyridine rings is 1. The van der Waals surface area contributed by atoms with Crippen LogP contribution in [0, 0.1) is 0 Å². The highest BCUT2D eigenvalue weighted by Crippen LogP contribution is 2.36. The smallest absolute Gasteiger partial charge is 0.267 e. The summed E-state index contributed by atoms with van der Waals surface area (Å²) in [7, 11) is 1.59. The Morgan fingerprint density at radius 1 is 1.24 bits per heavy atom. The van der Waals surface area contributed by atoms with Gasteiger partial charge in [0, 0.05) is 19.9 Å². The van der Waals surface area contributed by atoms with Crippen molar-refractivity contribution in [3.63, 3.8) is 0 Å². The van der Waals surface area contributed by atoms with E-state index in [9.17, 15) is 9.59 Å². The number of methoxy groups -OCH3 is 1. The van der Waals surface area contributed by atoms with Crippen molar-refractivity contribution >= 4 is 51.7 Å². The summed E-state index contributed by atoms with van der Waals surface area (Å²) < 4.78 is 17.7. The molecule has 1 N–H and O–H groups in total. The zero-order valence-electron chi connectivity index (χ0n) is 18.1. The maximum Gasteiger partial charge on any atom is 0.267 e. The van der Waals surface area contributed by atoms with E-state index in [1.807, 2.05) is 24.3 Å². The van der Waals surface area contributed by atoms with Crippen molar-refractivity contribution in [2.24, 2.45) is 0 Å². The second kappa shape index (κ2) is 9.45. The van der Waals surface area contributed by atoms with Crippen molar-refractivity contribution in [3.8, 4) is 11.5 Å². The minimum absolute atomic E-state index is 0.179. The number of thioether (sulfide) groups is 1. The first-order valence-corrected chi connectivity index (χ1v) is 11.7. The molecule has 4 heterocycles. The van der Waals surface area contributed by atoms with Crippen LogP contribution in [0.3, 0.4) is 0 Å². The highest BCUT2D eigenvalue weighted by molar-refractivity contribution is 8.26. The number of ether oxygens (including phenoxy) is 3. The molecule has 0 aliphatic carbocycles. The van der Waals surface area contributed by atoms with E-state index in [2.05, 4.69) is 10.3 Å². The number of carbonyl (C=O) groups excluding carboxylic acids is 1. The van der Waals surface area contributed by atoms with Gasteiger partial charge in [-0.3, -0.25) is 18.9 Å². The number of carbonyl (C=O) groups is 1. The molecule has 11 heteroatoms. The van der Waals surface area contributed by atoms with Crippen LogP contribution in [0.4, 0.5) is 5.82 Å². The second-order valence-corrected chi connectivity index (χ2v) is 9.16. The maximum absolute atomic E-state index is 13.3. The molecule has 1 fully saturated rings. The summed E-state index contributed by atoms with van der Waals surface area (Å²) in [5.74, 6) is 1.43. The molecule has 1 saturated heterocycles. The summed E-state index contributed by atoms with van der Waals surface area (Å²) in [4.78, 5) is 32.9. The Labute approximate surface area is 204 Å². The van der Waals surface area contributed by atoms with E-state index in [0.29, 0.717) is 45.3 Å². The molecular formula is C23H20N4O5S2. The Hall–Kier alpha value is -3.41. The molecule has 5 rings (SSSR count). The topological polar surface area (TPSA) is 94.4 Å². The third kappa shape index (κ3) is 4.25. The molecule has 0 saturated carbocycles. The number of hydrogen-bond donors (Lipinski definition) is 1. The lowest BCUT2D eigenvalue weighted by atomic mass is 10.2. The summed E-state index contributed by atoms with van der Waals surface area (Å²) in [5, 5.41) is 3.14. The molecule has 0 atom stereocenters. The Balaban J connectivity index is 1.47. The van der Waals surface area contributed by atoms with Crippen LogP contribution in [0.2, 0.25) is 0 Å². The van der Waals surface area contributed by atoms with Crippen LogP contribution < -0.4 is 20.3 Å². The number of benzene rings is 1. The third-order valence-corrected chi connectivity index (χ3v) is 6.67. The van der Waals surface area contributed by atoms with Crippen molar-refractivity contribution in [2.75, 3.05) is 32.4 Å². The molecule has 0 unspecified atom stereocenters. The van der Waals surface area contributed by atoms with Gasteiger partial charge in [0.25, 0.3) is 11.5 Å². The average molecular weight is 497 g/mol. The largest absolute Gasteiger partial charge is 0.454 e. The highest BCUT2D eigenvalue weighted by atomic mass is 32.2. The second-order valence-electron chi connectivity index (χ2n) is 7.48. The van der Waals surface area contributed by atoms with Crippen LogP contribution >= 0.6 is 24.0 Å². The SMILES string of the molecule is COCCNc1nc2ccccn2c(=O)c1/C=C1\SC(=S)N(Cc2ccc3c(c2)OCO3)C1=O. The first-order chi connectivity index (χ1) is 16.5. The van der Waals surface area contributed by atoms with Gasteiger partial charge in [-0.15, -0.1) is 0 Å². The molecule has 9 nitrogen and oxygen atoms in total. The van der Waals surface area contributed by atoms with Crippen molar-refractivity contribution in [3.05, 3.63) is 69.0 Å². The summed E-state index contributed by atoms with van der Waals surface area (Å²) >= 11 is 6.63. The highest BCUT2D eigenvalue weighted by Gasteiger charge is 2.33. The number of thiocarbonyl (C=S) groups is 1. The number of rotatable bonds is 7. The van der Waals surface area contributed by atoms with Gasteiger partial charge in [-0.1, -0.05) is 36.1 Å². The van der Waals surface area contributed by atoms with Crippen LogP contribution in [0.5, 0.6) is 11.5 Å². The maximum atomic E-state index is 13.3. The van der Waals surface area contributed by atoms with Crippen molar-refractivity contribution in [1.82, 2.24) is 14.3 Å². The van der Waals surface area contributed by atoms with Crippen molar-refractivity contribution in [1.29, 1.82) is 0 Å². The van der Waals surface area contributed by atoms with Gasteiger partial charge in [0.05, 0.1) is 23.6 Å². The number of anilines is 1. The van der Waals surface area contributed by atoms with E-state index >= 15 is 0 Å². The van der Waals surface area contributed by atoms with Gasteiger partial charge in [-0.2, -0.15) is 0 Å². The van der Waals surface area contributed by atoms with Crippen LogP contribution in [-0.4, -0.2) is 51.6 Å². The van der Waals surface area contributed by atoms with Gasteiger partial charge in [0.2, 0.25) is 6.79 Å². The first-order valence-electron chi connectivity index (χ1n) is 10.4. The fourth-order valence-electron chi connectivity index (χ4n) is 3.63. The number of nitrogens with one attached hydrogen (secondary N) is 1. The predicted octanol–water partition coefficient (Wildman–Crippen LogP) is 2.88. The van der Waals surface area contributed by atoms with E-state index in [1.54, 1.807) is 31.5 Å². The Morgan fingerprint density at radius 2 is 2.09 bits per heavy atom. The summed E-state index contributed by atoms with van der Waals surface area (Å²) in [5.41, 5.74) is 1.35. The van der Waals surface area contributed by atoms with Gasteiger partial charge in [0.1, 0.15) is 15.8 Å². The lowest BCUT2D eigenvalue weighted by Gasteiger charge is -2.14. The molecule has 2 aromatic heterocycles. The molecule has 174 valence electrons. The van der Waals surface area contributed by atoms with E-state index in [0.717, 1.165) is 17.3 Å². The average Bonchev–Trinajstić information content (AvgIpc) is 3.41. The minimum Gasteiger partial charge on any atom is -0.454 e. The molecule has 0 radical (unpaired) electrons. The molecular weight excluding hydrogens is 476 g/mol. The normalized spacial score (nSPS) is 16.1. The number of hydrogen-bond acceptors (Lipinski definition) is 9. The molecule has 2 aliphatic rings. The number of fused-ring (bicyclic) bond motifs is 2. The summed E-state index contributed by atoms with van der Waals surface area (Å²) in [6.45, 7) is 1.36. The van der Waals surface area contributed by atoms with Gasteiger partial charge in [0.15, 0.2) is 11.5 Å². The minimum atomic E-state index is -0.286. The lowest BCUT2D eigenvalue weighted by molar-refractivity contribution is -0.122. The molecule has 34 heavy (non-hydrogen) atoms. The first kappa shape index (κ1) is 22.4. The zero-order valence-corrected chi connectivity index (χ0v) is 19.8. The van der Waals surface area contributed by atoms with E-state index in [4.69, 9.17) is 26.4 Å². The Kier molecular flexibility index (Phi) is 6.22. The van der Waals surface area contributed by atoms with Crippen molar-refractivity contribution < 1.29 is 19.0 Å². The molecule has 2 aliphatic heterocycles. The fraction of sp³-hybridized carbons (Fsp3) is 0.217. The van der Waals surface area contributed by atoms with Gasteiger partial charge < -0.3 is 19.5 Å². The molecule has 1 aromatic carbocycles. The Morgan fingerprint density at radius 3 is 2.94 bits per heavy atom. The van der Waals surface area contributed by atoms with E-state index in [-0.39, 0.29) is 30.4 Å². The third-order valence-electron chi connectivity index (χ3n) is 5.29. The summed E-state index contributed by atoms with van der Waals surface area (Å²) in [6, 6.07) is 10.8. The number of aromatic nitrogens is 2. The zero-order chi connectivity index (χ0) is 23.7. The molecule has 1 amide bonds. The van der Waals surface area contributed by atoms with Crippen LogP contribution in [0.15, 0.2) is 52.3 Å². The van der Waals surface area contributed by atoms with Crippen molar-refractivity contribution in [2.45, 2.75) is 6.54 Å². The monoisotopic (exact) mass is 496 g/mol. The number of amides is 1. The molecule has 3 aromatic rings. The van der Waals surface area contributed by atoms with Crippen LogP contribution in [-0.2, 0) is 16.1 Å². The van der Waals surface area contributed by atoms with Crippen LogP contribution in [0.25, 0.3) is 11.7 Å². The standard InChI is InChI=1S/C23H20N4O5S2/c1-30-9-7-24-20-15(21(28)26-8-3-2-4-19(26)25-20)11-18-22(29)27(23(33)34-18)12-14-5-6-16-17(10-14)32-13-31-16/h2-6,8,10-11,24H,7,9,12-13H2,1H3/b18-11-. The Bertz CT molecular complexity index is 1390. The fourth-order valence-corrected chi connectivity index (χ4v) is 4.87. The predicted molar refractivity (Wildman–Crippen MR) is 133 cm³/mol. The van der Waals surface area contributed by atoms with Gasteiger partial charge >= 0.3 is 0 Å². The van der Waals surface area contributed by atoms with Gasteiger partial charge in [-0.25, -0.2) is 4.98 Å². The van der Waals surface area contributed by atoms with E-state index < -0.39 is 0 Å².